The number of likely N-dealkylation sites (N-methyl/N-ethyl adjacent to an activating group) is 2. The van der Waals surface area contributed by atoms with E-state index in [-0.39, 0.29) is 6.04 Å². The first kappa shape index (κ1) is 12.6. The lowest BCUT2D eigenvalue weighted by Crippen LogP contribution is -2.33. The van der Waals surface area contributed by atoms with Gasteiger partial charge in [0.05, 0.1) is 6.04 Å². The van der Waals surface area contributed by atoms with Crippen LogP contribution in [-0.2, 0) is 0 Å². The summed E-state index contributed by atoms with van der Waals surface area (Å²) < 4.78 is 0. The first-order valence-electron chi connectivity index (χ1n) is 5.22. The largest absolute Gasteiger partial charge is 0.322 e. The Hall–Kier alpha value is -0.420. The molecule has 1 rings (SSSR count). The van der Waals surface area contributed by atoms with Crippen molar-refractivity contribution >= 4 is 11.3 Å². The smallest absolute Gasteiger partial charge is 0.0518 e. The van der Waals surface area contributed by atoms with Crippen LogP contribution < -0.4 is 5.73 Å². The molecule has 0 radical (unpaired) electrons. The standard InChI is InChI=1S/C11H21N3S/c1-13(2)6-7-14(3)9-10(12)11-5-4-8-15-11/h4-5,8,10H,6-7,9,12H2,1-3H3. The number of nitrogens with zero attached hydrogens (tertiary/aromatic N) is 2. The van der Waals surface area contributed by atoms with Crippen LogP contribution in [0.1, 0.15) is 10.9 Å². The summed E-state index contributed by atoms with van der Waals surface area (Å²) in [5, 5.41) is 2.08. The molecule has 0 saturated carbocycles. The van der Waals surface area contributed by atoms with Crippen molar-refractivity contribution in [2.45, 2.75) is 6.04 Å². The van der Waals surface area contributed by atoms with E-state index < -0.39 is 0 Å². The third-order valence-electron chi connectivity index (χ3n) is 2.35. The Kier molecular flexibility index (Phi) is 5.25. The van der Waals surface area contributed by atoms with E-state index in [2.05, 4.69) is 48.5 Å². The van der Waals surface area contributed by atoms with Gasteiger partial charge in [0.25, 0.3) is 0 Å². The Morgan fingerprint density at radius 2 is 2.07 bits per heavy atom. The molecule has 0 fully saturated rings. The molecule has 0 bridgehead atoms. The number of hydrogen-bond acceptors (Lipinski definition) is 4. The quantitative estimate of drug-likeness (QED) is 0.793. The van der Waals surface area contributed by atoms with Gasteiger partial charge in [-0.2, -0.15) is 0 Å². The summed E-state index contributed by atoms with van der Waals surface area (Å²) in [6, 6.07) is 4.31. The highest BCUT2D eigenvalue weighted by Crippen LogP contribution is 2.16. The van der Waals surface area contributed by atoms with Crippen LogP contribution in [0.4, 0.5) is 0 Å². The SMILES string of the molecule is CN(C)CCN(C)CC(N)c1cccs1. The molecular formula is C11H21N3S. The molecule has 0 spiro atoms. The van der Waals surface area contributed by atoms with E-state index >= 15 is 0 Å². The number of hydrogen-bond donors (Lipinski definition) is 1. The summed E-state index contributed by atoms with van der Waals surface area (Å²) in [5.41, 5.74) is 6.10. The minimum atomic E-state index is 0.150. The summed E-state index contributed by atoms with van der Waals surface area (Å²) in [5.74, 6) is 0. The van der Waals surface area contributed by atoms with Gasteiger partial charge in [0.2, 0.25) is 0 Å². The summed E-state index contributed by atoms with van der Waals surface area (Å²) in [4.78, 5) is 5.74. The normalized spacial score (nSPS) is 13.7. The van der Waals surface area contributed by atoms with Crippen LogP contribution in [-0.4, -0.2) is 50.6 Å². The minimum absolute atomic E-state index is 0.150. The van der Waals surface area contributed by atoms with Gasteiger partial charge in [-0.05, 0) is 32.6 Å². The summed E-state index contributed by atoms with van der Waals surface area (Å²) in [7, 11) is 6.30. The average Bonchev–Trinajstić information content (AvgIpc) is 2.67. The molecule has 4 heteroatoms. The molecule has 1 aromatic rings. The van der Waals surface area contributed by atoms with Crippen LogP contribution in [0.15, 0.2) is 17.5 Å². The van der Waals surface area contributed by atoms with Crippen molar-refractivity contribution in [3.05, 3.63) is 22.4 Å². The van der Waals surface area contributed by atoms with Crippen LogP contribution in [0.5, 0.6) is 0 Å². The van der Waals surface area contributed by atoms with Gasteiger partial charge >= 0.3 is 0 Å². The second-order valence-electron chi connectivity index (χ2n) is 4.19. The van der Waals surface area contributed by atoms with Crippen molar-refractivity contribution in [3.8, 4) is 0 Å². The molecule has 0 saturated heterocycles. The van der Waals surface area contributed by atoms with Crippen LogP contribution in [0.25, 0.3) is 0 Å². The average molecular weight is 227 g/mol. The van der Waals surface area contributed by atoms with Crippen molar-refractivity contribution in [3.63, 3.8) is 0 Å². The highest BCUT2D eigenvalue weighted by atomic mass is 32.1. The van der Waals surface area contributed by atoms with E-state index in [4.69, 9.17) is 5.73 Å². The third kappa shape index (κ3) is 4.75. The Labute approximate surface area is 96.5 Å². The molecule has 0 aliphatic rings. The minimum Gasteiger partial charge on any atom is -0.322 e. The highest BCUT2D eigenvalue weighted by molar-refractivity contribution is 7.10. The fourth-order valence-corrected chi connectivity index (χ4v) is 2.11. The molecule has 0 amide bonds. The zero-order chi connectivity index (χ0) is 11.3. The summed E-state index contributed by atoms with van der Waals surface area (Å²) in [6.07, 6.45) is 0. The fraction of sp³-hybridized carbons (Fsp3) is 0.636. The van der Waals surface area contributed by atoms with Gasteiger partial charge < -0.3 is 15.5 Å². The predicted molar refractivity (Wildman–Crippen MR) is 67.3 cm³/mol. The monoisotopic (exact) mass is 227 g/mol. The Bertz CT molecular complexity index is 259. The fourth-order valence-electron chi connectivity index (χ4n) is 1.39. The van der Waals surface area contributed by atoms with Crippen molar-refractivity contribution in [1.29, 1.82) is 0 Å². The second kappa shape index (κ2) is 6.23. The van der Waals surface area contributed by atoms with Crippen molar-refractivity contribution in [1.82, 2.24) is 9.80 Å². The van der Waals surface area contributed by atoms with E-state index in [0.29, 0.717) is 0 Å². The molecule has 0 aliphatic carbocycles. The van der Waals surface area contributed by atoms with Gasteiger partial charge in [0.15, 0.2) is 0 Å². The molecule has 0 aromatic carbocycles. The van der Waals surface area contributed by atoms with Crippen molar-refractivity contribution < 1.29 is 0 Å². The zero-order valence-electron chi connectivity index (χ0n) is 9.81. The molecule has 1 atom stereocenters. The highest BCUT2D eigenvalue weighted by Gasteiger charge is 2.09. The van der Waals surface area contributed by atoms with E-state index in [1.54, 1.807) is 11.3 Å². The molecule has 15 heavy (non-hydrogen) atoms. The van der Waals surface area contributed by atoms with Gasteiger partial charge in [-0.1, -0.05) is 6.07 Å². The Morgan fingerprint density at radius 1 is 1.33 bits per heavy atom. The van der Waals surface area contributed by atoms with Crippen LogP contribution in [0, 0.1) is 0 Å². The zero-order valence-corrected chi connectivity index (χ0v) is 10.6. The van der Waals surface area contributed by atoms with Crippen molar-refractivity contribution in [2.24, 2.45) is 5.73 Å². The van der Waals surface area contributed by atoms with E-state index in [1.165, 1.54) is 4.88 Å². The van der Waals surface area contributed by atoms with E-state index in [1.807, 2.05) is 0 Å². The lowest BCUT2D eigenvalue weighted by atomic mass is 10.2. The van der Waals surface area contributed by atoms with Gasteiger partial charge in [-0.25, -0.2) is 0 Å². The van der Waals surface area contributed by atoms with E-state index in [0.717, 1.165) is 19.6 Å². The lowest BCUT2D eigenvalue weighted by molar-refractivity contribution is 0.270. The molecule has 1 heterocycles. The van der Waals surface area contributed by atoms with E-state index in [9.17, 15) is 0 Å². The summed E-state index contributed by atoms with van der Waals surface area (Å²) >= 11 is 1.74. The van der Waals surface area contributed by atoms with Crippen LogP contribution in [0.2, 0.25) is 0 Å². The predicted octanol–water partition coefficient (Wildman–Crippen LogP) is 1.24. The molecule has 2 N–H and O–H groups in total. The topological polar surface area (TPSA) is 32.5 Å². The van der Waals surface area contributed by atoms with Gasteiger partial charge in [-0.3, -0.25) is 0 Å². The van der Waals surface area contributed by atoms with Gasteiger partial charge in [-0.15, -0.1) is 11.3 Å². The third-order valence-corrected chi connectivity index (χ3v) is 3.35. The molecule has 86 valence electrons. The second-order valence-corrected chi connectivity index (χ2v) is 5.17. The number of nitrogens with two attached hydrogens (primary N) is 1. The molecular weight excluding hydrogens is 206 g/mol. The first-order valence-corrected chi connectivity index (χ1v) is 6.10. The van der Waals surface area contributed by atoms with Crippen LogP contribution in [0.3, 0.4) is 0 Å². The Balaban J connectivity index is 2.28. The maximum absolute atomic E-state index is 6.10. The van der Waals surface area contributed by atoms with Gasteiger partial charge in [0.1, 0.15) is 0 Å². The molecule has 0 aliphatic heterocycles. The number of thiophene rings is 1. The lowest BCUT2D eigenvalue weighted by Gasteiger charge is -2.22. The maximum atomic E-state index is 6.10. The van der Waals surface area contributed by atoms with Crippen molar-refractivity contribution in [2.75, 3.05) is 40.8 Å². The Morgan fingerprint density at radius 3 is 2.60 bits per heavy atom. The van der Waals surface area contributed by atoms with Crippen LogP contribution >= 0.6 is 11.3 Å². The summed E-state index contributed by atoms with van der Waals surface area (Å²) in [6.45, 7) is 3.06. The first-order chi connectivity index (χ1) is 7.09. The number of rotatable bonds is 6. The van der Waals surface area contributed by atoms with Gasteiger partial charge in [0, 0.05) is 24.5 Å². The molecule has 1 aromatic heterocycles. The molecule has 3 nitrogen and oxygen atoms in total. The molecule has 1 unspecified atom stereocenters. The maximum Gasteiger partial charge on any atom is 0.0518 e.